The molecule has 0 saturated heterocycles. The summed E-state index contributed by atoms with van der Waals surface area (Å²) in [7, 11) is 0. The van der Waals surface area contributed by atoms with Crippen LogP contribution in [0.15, 0.2) is 42.5 Å². The van der Waals surface area contributed by atoms with Crippen LogP contribution in [-0.2, 0) is 32.2 Å². The van der Waals surface area contributed by atoms with Gasteiger partial charge in [0.25, 0.3) is 0 Å². The minimum Gasteiger partial charge on any atom is -0.481 e. The van der Waals surface area contributed by atoms with Crippen molar-refractivity contribution in [2.75, 3.05) is 17.6 Å². The van der Waals surface area contributed by atoms with Crippen molar-refractivity contribution in [3.05, 3.63) is 63.4 Å². The molecule has 0 bridgehead atoms. The number of amides is 3. The van der Waals surface area contributed by atoms with Crippen molar-refractivity contribution in [1.29, 1.82) is 0 Å². The summed E-state index contributed by atoms with van der Waals surface area (Å²) in [5, 5.41) is 26.8. The van der Waals surface area contributed by atoms with E-state index < -0.39 is 23.8 Å². The lowest BCUT2D eigenvalue weighted by Gasteiger charge is -2.25. The van der Waals surface area contributed by atoms with Crippen LogP contribution in [0.3, 0.4) is 0 Å². The van der Waals surface area contributed by atoms with E-state index in [2.05, 4.69) is 35.9 Å². The maximum atomic E-state index is 13.2. The van der Waals surface area contributed by atoms with Crippen LogP contribution in [0.2, 0.25) is 0 Å². The molecule has 5 N–H and O–H groups in total. The average molecular weight is 618 g/mol. The molecule has 1 aromatic heterocycles. The molecule has 2 rings (SSSR count). The fourth-order valence-corrected chi connectivity index (χ4v) is 6.37. The Hall–Kier alpha value is -3.15. The highest BCUT2D eigenvalue weighted by molar-refractivity contribution is 8.01. The third-order valence-corrected chi connectivity index (χ3v) is 8.91. The highest BCUT2D eigenvalue weighted by Gasteiger charge is 2.24. The number of anilines is 1. The normalized spacial score (nSPS) is 13.4. The number of hydrogen-bond donors (Lipinski definition) is 5. The van der Waals surface area contributed by atoms with Crippen molar-refractivity contribution in [3.63, 3.8) is 0 Å². The Morgan fingerprint density at radius 3 is 2.48 bits per heavy atom. The molecule has 230 valence electrons. The predicted molar refractivity (Wildman–Crippen MR) is 170 cm³/mol. The highest BCUT2D eigenvalue weighted by atomic mass is 32.2. The van der Waals surface area contributed by atoms with E-state index in [1.54, 1.807) is 23.5 Å². The second kappa shape index (κ2) is 17.7. The van der Waals surface area contributed by atoms with Gasteiger partial charge in [-0.1, -0.05) is 38.0 Å². The monoisotopic (exact) mass is 617 g/mol. The van der Waals surface area contributed by atoms with Gasteiger partial charge in [-0.2, -0.15) is 0 Å². The fourth-order valence-electron chi connectivity index (χ4n) is 4.37. The largest absolute Gasteiger partial charge is 0.481 e. The number of aliphatic hydroxyl groups excluding tert-OH is 1. The molecule has 2 atom stereocenters. The number of nitrogens with one attached hydrogen (secondary N) is 3. The van der Waals surface area contributed by atoms with E-state index in [0.29, 0.717) is 17.7 Å². The molecule has 11 heteroatoms. The number of unbranched alkanes of at least 4 members (excludes halogenated alkanes) is 1. The summed E-state index contributed by atoms with van der Waals surface area (Å²) < 4.78 is -0.180. The maximum Gasteiger partial charge on any atom is 0.303 e. The minimum absolute atomic E-state index is 0.128. The summed E-state index contributed by atoms with van der Waals surface area (Å²) in [4.78, 5) is 51.8. The van der Waals surface area contributed by atoms with Crippen molar-refractivity contribution in [2.24, 2.45) is 0 Å². The van der Waals surface area contributed by atoms with Crippen LogP contribution in [-0.4, -0.2) is 57.0 Å². The van der Waals surface area contributed by atoms with Gasteiger partial charge >= 0.3 is 5.97 Å². The zero-order chi connectivity index (χ0) is 31.1. The standard InChI is InChI=1S/C31H43N3O6S2/c1-5-7-13-31(4,12-6-2)41-20-28(37)32-18-27(36)34-26(10-11-29(38)39)30(40)33-24-15-22(14-23(16-24)19-35)17-25-9-8-21(3)42-25/h6,8-9,12,14-16,26,35H,5,7,10-11,13,17-20H2,1-4H3,(H,32,37)(H,33,40)(H,34,36)(H,38,39)/b12-6-/t26-,31?/m0/s1. The molecule has 0 aliphatic rings. The molecule has 1 unspecified atom stereocenters. The minimum atomic E-state index is -1.13. The zero-order valence-electron chi connectivity index (χ0n) is 24.8. The summed E-state index contributed by atoms with van der Waals surface area (Å²) in [5.74, 6) is -2.41. The van der Waals surface area contributed by atoms with Crippen LogP contribution in [0.4, 0.5) is 5.69 Å². The smallest absolute Gasteiger partial charge is 0.303 e. The van der Waals surface area contributed by atoms with Crippen LogP contribution < -0.4 is 16.0 Å². The number of aryl methyl sites for hydroxylation is 1. The molecular formula is C31H43N3O6S2. The van der Waals surface area contributed by atoms with Gasteiger partial charge in [0.1, 0.15) is 6.04 Å². The first-order valence-electron chi connectivity index (χ1n) is 14.1. The van der Waals surface area contributed by atoms with Gasteiger partial charge in [-0.3, -0.25) is 19.2 Å². The van der Waals surface area contributed by atoms with Gasteiger partial charge in [0, 0.05) is 33.0 Å². The van der Waals surface area contributed by atoms with Gasteiger partial charge in [-0.05, 0) is 69.0 Å². The maximum absolute atomic E-state index is 13.2. The first-order chi connectivity index (χ1) is 20.0. The van der Waals surface area contributed by atoms with Crippen molar-refractivity contribution in [1.82, 2.24) is 10.6 Å². The number of thioether (sulfide) groups is 1. The van der Waals surface area contributed by atoms with Crippen molar-refractivity contribution in [3.8, 4) is 0 Å². The van der Waals surface area contributed by atoms with Crippen LogP contribution >= 0.6 is 23.1 Å². The Bertz CT molecular complexity index is 1250. The van der Waals surface area contributed by atoms with Crippen LogP contribution in [0.1, 0.15) is 73.8 Å². The number of benzene rings is 1. The molecule has 0 spiro atoms. The van der Waals surface area contributed by atoms with E-state index in [-0.39, 0.29) is 42.4 Å². The summed E-state index contributed by atoms with van der Waals surface area (Å²) in [6, 6.07) is 8.23. The van der Waals surface area contributed by atoms with Crippen molar-refractivity contribution in [2.45, 2.75) is 83.6 Å². The number of aliphatic hydroxyl groups is 1. The number of thiophene rings is 1. The van der Waals surface area contributed by atoms with E-state index in [4.69, 9.17) is 0 Å². The molecule has 2 aromatic rings. The number of aliphatic carboxylic acids is 1. The molecule has 1 aromatic carbocycles. The third-order valence-electron chi connectivity index (χ3n) is 6.50. The average Bonchev–Trinajstić information content (AvgIpc) is 3.35. The summed E-state index contributed by atoms with van der Waals surface area (Å²) in [6.07, 6.45) is 7.25. The quantitative estimate of drug-likeness (QED) is 0.151. The van der Waals surface area contributed by atoms with Crippen molar-refractivity contribution >= 4 is 52.5 Å². The third kappa shape index (κ3) is 12.8. The van der Waals surface area contributed by atoms with Crippen LogP contribution in [0, 0.1) is 6.92 Å². The predicted octanol–water partition coefficient (Wildman–Crippen LogP) is 4.80. The Labute approximate surface area is 256 Å². The van der Waals surface area contributed by atoms with Crippen LogP contribution in [0.5, 0.6) is 0 Å². The molecule has 0 aliphatic carbocycles. The molecule has 9 nitrogen and oxygen atoms in total. The lowest BCUT2D eigenvalue weighted by atomic mass is 10.0. The molecule has 3 amide bonds. The second-order valence-corrected chi connectivity index (χ2v) is 13.3. The second-order valence-electron chi connectivity index (χ2n) is 10.4. The van der Waals surface area contributed by atoms with E-state index in [0.717, 1.165) is 29.7 Å². The Morgan fingerprint density at radius 1 is 1.12 bits per heavy atom. The van der Waals surface area contributed by atoms with Gasteiger partial charge < -0.3 is 26.2 Å². The zero-order valence-corrected chi connectivity index (χ0v) is 26.5. The lowest BCUT2D eigenvalue weighted by Crippen LogP contribution is -2.48. The number of carboxylic acids is 1. The number of carboxylic acid groups (broad SMARTS) is 1. The summed E-state index contributed by atoms with van der Waals surface area (Å²) in [6.45, 7) is 7.61. The molecule has 0 aliphatic heterocycles. The number of allylic oxidation sites excluding steroid dienone is 1. The fraction of sp³-hybridized carbons (Fsp3) is 0.484. The highest BCUT2D eigenvalue weighted by Crippen LogP contribution is 2.32. The summed E-state index contributed by atoms with van der Waals surface area (Å²) in [5.41, 5.74) is 1.94. The molecule has 0 radical (unpaired) electrons. The van der Waals surface area contributed by atoms with E-state index in [9.17, 15) is 29.4 Å². The molecule has 42 heavy (non-hydrogen) atoms. The SMILES string of the molecule is C/C=C\C(C)(CCCC)SCC(=O)NCC(=O)N[C@@H](CCC(=O)O)C(=O)Nc1cc(CO)cc(Cc2ccc(C)s2)c1. The number of hydrogen-bond acceptors (Lipinski definition) is 7. The van der Waals surface area contributed by atoms with E-state index in [1.165, 1.54) is 16.6 Å². The first-order valence-corrected chi connectivity index (χ1v) is 15.9. The van der Waals surface area contributed by atoms with Gasteiger partial charge in [0.2, 0.25) is 17.7 Å². The molecule has 0 fully saturated rings. The topological polar surface area (TPSA) is 145 Å². The number of carbonyl (C=O) groups is 4. The van der Waals surface area contributed by atoms with Gasteiger partial charge in [0.05, 0.1) is 18.9 Å². The van der Waals surface area contributed by atoms with Gasteiger partial charge in [-0.25, -0.2) is 0 Å². The summed E-state index contributed by atoms with van der Waals surface area (Å²) >= 11 is 3.17. The van der Waals surface area contributed by atoms with Gasteiger partial charge in [-0.15, -0.1) is 23.1 Å². The molecular weight excluding hydrogens is 574 g/mol. The molecule has 1 heterocycles. The Balaban J connectivity index is 2.02. The van der Waals surface area contributed by atoms with Gasteiger partial charge in [0.15, 0.2) is 0 Å². The van der Waals surface area contributed by atoms with Crippen LogP contribution in [0.25, 0.3) is 0 Å². The number of carbonyl (C=O) groups excluding carboxylic acids is 3. The first kappa shape index (κ1) is 35.0. The lowest BCUT2D eigenvalue weighted by molar-refractivity contribution is -0.137. The molecule has 0 saturated carbocycles. The number of rotatable bonds is 18. The van der Waals surface area contributed by atoms with E-state index >= 15 is 0 Å². The van der Waals surface area contributed by atoms with E-state index in [1.807, 2.05) is 38.1 Å². The van der Waals surface area contributed by atoms with Crippen molar-refractivity contribution < 1.29 is 29.4 Å². The Kier molecular flexibility index (Phi) is 14.8. The Morgan fingerprint density at radius 2 is 1.86 bits per heavy atom.